The lowest BCUT2D eigenvalue weighted by Gasteiger charge is -2.34. The second-order valence-electron chi connectivity index (χ2n) is 5.72. The summed E-state index contributed by atoms with van der Waals surface area (Å²) in [6, 6.07) is 4.47. The number of carbonyl (C=O) groups is 1. The summed E-state index contributed by atoms with van der Waals surface area (Å²) in [4.78, 5) is 35.6. The van der Waals surface area contributed by atoms with Crippen molar-refractivity contribution in [2.45, 2.75) is 0 Å². The lowest BCUT2D eigenvalue weighted by atomic mass is 10.1. The fraction of sp³-hybridized carbons (Fsp3) is 0.312. The van der Waals surface area contributed by atoms with Crippen molar-refractivity contribution in [3.05, 3.63) is 50.7 Å². The van der Waals surface area contributed by atoms with Crippen LogP contribution >= 0.6 is 15.9 Å². The number of hydrogen-bond acceptors (Lipinski definition) is 7. The molecule has 1 amide bonds. The van der Waals surface area contributed by atoms with Crippen molar-refractivity contribution in [2.75, 3.05) is 43.4 Å². The van der Waals surface area contributed by atoms with Gasteiger partial charge in [0.2, 0.25) is 5.95 Å². The molecule has 10 heteroatoms. The Morgan fingerprint density at radius 1 is 1.23 bits per heavy atom. The number of nitrogens with one attached hydrogen (secondary N) is 1. The SMILES string of the molecule is CNc1ccc(C(=O)N2CCN(c3ncc(Br)cn3)CC2)cc1[N+](=O)[O-]. The van der Waals surface area contributed by atoms with Crippen LogP contribution in [0, 0.1) is 10.1 Å². The van der Waals surface area contributed by atoms with Gasteiger partial charge >= 0.3 is 0 Å². The Morgan fingerprint density at radius 2 is 1.88 bits per heavy atom. The Labute approximate surface area is 158 Å². The monoisotopic (exact) mass is 420 g/mol. The van der Waals surface area contributed by atoms with Gasteiger partial charge in [-0.3, -0.25) is 14.9 Å². The Hall–Kier alpha value is -2.75. The first-order valence-electron chi connectivity index (χ1n) is 7.97. The number of nitrogens with zero attached hydrogens (tertiary/aromatic N) is 5. The summed E-state index contributed by atoms with van der Waals surface area (Å²) < 4.78 is 0.807. The maximum atomic E-state index is 12.7. The molecule has 0 radical (unpaired) electrons. The van der Waals surface area contributed by atoms with Crippen LogP contribution in [0.5, 0.6) is 0 Å². The molecule has 136 valence electrons. The summed E-state index contributed by atoms with van der Waals surface area (Å²) in [6.07, 6.45) is 3.37. The first-order chi connectivity index (χ1) is 12.5. The maximum absolute atomic E-state index is 12.7. The summed E-state index contributed by atoms with van der Waals surface area (Å²) >= 11 is 3.30. The highest BCUT2D eigenvalue weighted by molar-refractivity contribution is 9.10. The standard InChI is InChI=1S/C16H17BrN6O3/c1-18-13-3-2-11(8-14(13)23(25)26)15(24)21-4-6-22(7-5-21)16-19-9-12(17)10-20-16/h2-3,8-10,18H,4-7H2,1H3. The number of carbonyl (C=O) groups excluding carboxylic acids is 1. The molecule has 9 nitrogen and oxygen atoms in total. The van der Waals surface area contributed by atoms with Gasteiger partial charge in [0.25, 0.3) is 11.6 Å². The highest BCUT2D eigenvalue weighted by Crippen LogP contribution is 2.26. The summed E-state index contributed by atoms with van der Waals surface area (Å²) in [7, 11) is 1.60. The van der Waals surface area contributed by atoms with Gasteiger partial charge in [0.15, 0.2) is 0 Å². The minimum absolute atomic E-state index is 0.111. The summed E-state index contributed by atoms with van der Waals surface area (Å²) in [5.41, 5.74) is 0.577. The molecule has 0 bridgehead atoms. The molecule has 0 aliphatic carbocycles. The van der Waals surface area contributed by atoms with Crippen LogP contribution in [0.2, 0.25) is 0 Å². The zero-order chi connectivity index (χ0) is 18.7. The molecule has 0 saturated carbocycles. The first kappa shape index (κ1) is 18.1. The zero-order valence-electron chi connectivity index (χ0n) is 14.1. The predicted molar refractivity (Wildman–Crippen MR) is 100 cm³/mol. The minimum atomic E-state index is -0.495. The largest absolute Gasteiger partial charge is 0.383 e. The van der Waals surface area contributed by atoms with Gasteiger partial charge in [0.05, 0.1) is 9.40 Å². The second-order valence-corrected chi connectivity index (χ2v) is 6.64. The van der Waals surface area contributed by atoms with Crippen molar-refractivity contribution in [2.24, 2.45) is 0 Å². The van der Waals surface area contributed by atoms with Crippen molar-refractivity contribution >= 4 is 39.2 Å². The fourth-order valence-electron chi connectivity index (χ4n) is 2.79. The number of piperazine rings is 1. The predicted octanol–water partition coefficient (Wildman–Crippen LogP) is 2.15. The third kappa shape index (κ3) is 3.74. The summed E-state index contributed by atoms with van der Waals surface area (Å²) in [5.74, 6) is 0.404. The molecule has 1 saturated heterocycles. The zero-order valence-corrected chi connectivity index (χ0v) is 15.6. The van der Waals surface area contributed by atoms with E-state index in [0.29, 0.717) is 43.4 Å². The summed E-state index contributed by atoms with van der Waals surface area (Å²) in [5, 5.41) is 13.9. The number of amides is 1. The average molecular weight is 421 g/mol. The van der Waals surface area contributed by atoms with E-state index in [1.807, 2.05) is 4.90 Å². The molecule has 2 aromatic rings. The van der Waals surface area contributed by atoms with Gasteiger partial charge in [-0.25, -0.2) is 9.97 Å². The van der Waals surface area contributed by atoms with Gasteiger partial charge in [-0.05, 0) is 28.1 Å². The van der Waals surface area contributed by atoms with Crippen molar-refractivity contribution < 1.29 is 9.72 Å². The molecule has 1 aliphatic heterocycles. The van der Waals surface area contributed by atoms with Gasteiger partial charge < -0.3 is 15.1 Å². The minimum Gasteiger partial charge on any atom is -0.383 e. The van der Waals surface area contributed by atoms with E-state index in [2.05, 4.69) is 31.2 Å². The molecule has 1 aromatic heterocycles. The van der Waals surface area contributed by atoms with E-state index in [0.717, 1.165) is 4.47 Å². The molecular weight excluding hydrogens is 404 g/mol. The average Bonchev–Trinajstić information content (AvgIpc) is 2.67. The van der Waals surface area contributed by atoms with Gasteiger partial charge in [-0.1, -0.05) is 0 Å². The van der Waals surface area contributed by atoms with E-state index in [-0.39, 0.29) is 11.6 Å². The maximum Gasteiger partial charge on any atom is 0.293 e. The van der Waals surface area contributed by atoms with Crippen molar-refractivity contribution in [1.29, 1.82) is 0 Å². The van der Waals surface area contributed by atoms with Crippen LogP contribution in [0.15, 0.2) is 35.1 Å². The number of benzene rings is 1. The molecule has 3 rings (SSSR count). The van der Waals surface area contributed by atoms with E-state index in [9.17, 15) is 14.9 Å². The van der Waals surface area contributed by atoms with E-state index in [4.69, 9.17) is 0 Å². The van der Waals surface area contributed by atoms with Crippen LogP contribution in [0.3, 0.4) is 0 Å². The number of halogens is 1. The topological polar surface area (TPSA) is 104 Å². The highest BCUT2D eigenvalue weighted by atomic mass is 79.9. The highest BCUT2D eigenvalue weighted by Gasteiger charge is 2.25. The van der Waals surface area contributed by atoms with Gasteiger partial charge in [0, 0.05) is 57.3 Å². The van der Waals surface area contributed by atoms with E-state index < -0.39 is 4.92 Å². The molecule has 26 heavy (non-hydrogen) atoms. The molecule has 1 N–H and O–H groups in total. The number of nitro groups is 1. The molecule has 1 aromatic carbocycles. The molecule has 1 fully saturated rings. The van der Waals surface area contributed by atoms with Crippen LogP contribution in [0.1, 0.15) is 10.4 Å². The smallest absolute Gasteiger partial charge is 0.293 e. The molecule has 2 heterocycles. The number of rotatable bonds is 4. The number of aromatic nitrogens is 2. The number of hydrogen-bond donors (Lipinski definition) is 1. The van der Waals surface area contributed by atoms with Crippen LogP contribution in [-0.2, 0) is 0 Å². The summed E-state index contributed by atoms with van der Waals surface area (Å²) in [6.45, 7) is 2.20. The van der Waals surface area contributed by atoms with Crippen LogP contribution in [-0.4, -0.2) is 58.9 Å². The number of nitro benzene ring substituents is 1. The van der Waals surface area contributed by atoms with E-state index in [1.54, 1.807) is 36.5 Å². The molecular formula is C16H17BrN6O3. The Kier molecular flexibility index (Phi) is 5.31. The van der Waals surface area contributed by atoms with E-state index >= 15 is 0 Å². The Balaban J connectivity index is 1.69. The van der Waals surface area contributed by atoms with Crippen LogP contribution in [0.4, 0.5) is 17.3 Å². The van der Waals surface area contributed by atoms with Crippen molar-refractivity contribution in [1.82, 2.24) is 14.9 Å². The van der Waals surface area contributed by atoms with Crippen LogP contribution in [0.25, 0.3) is 0 Å². The van der Waals surface area contributed by atoms with Crippen molar-refractivity contribution in [3.8, 4) is 0 Å². The molecule has 0 spiro atoms. The fourth-order valence-corrected chi connectivity index (χ4v) is 2.99. The lowest BCUT2D eigenvalue weighted by molar-refractivity contribution is -0.384. The normalized spacial score (nSPS) is 14.2. The third-order valence-corrected chi connectivity index (χ3v) is 4.58. The molecule has 0 atom stereocenters. The van der Waals surface area contributed by atoms with Crippen molar-refractivity contribution in [3.63, 3.8) is 0 Å². The van der Waals surface area contributed by atoms with Crippen LogP contribution < -0.4 is 10.2 Å². The quantitative estimate of drug-likeness (QED) is 0.596. The molecule has 1 aliphatic rings. The Morgan fingerprint density at radius 3 is 2.46 bits per heavy atom. The van der Waals surface area contributed by atoms with Gasteiger partial charge in [-0.15, -0.1) is 0 Å². The Bertz CT molecular complexity index is 821. The van der Waals surface area contributed by atoms with E-state index in [1.165, 1.54) is 6.07 Å². The first-order valence-corrected chi connectivity index (χ1v) is 8.77. The third-order valence-electron chi connectivity index (χ3n) is 4.17. The number of anilines is 2. The second kappa shape index (κ2) is 7.65. The van der Waals surface area contributed by atoms with Gasteiger partial charge in [-0.2, -0.15) is 0 Å². The molecule has 0 unspecified atom stereocenters. The lowest BCUT2D eigenvalue weighted by Crippen LogP contribution is -2.49. The van der Waals surface area contributed by atoms with Gasteiger partial charge in [0.1, 0.15) is 5.69 Å².